The molecule has 4 nitrogen and oxygen atoms in total. The van der Waals surface area contributed by atoms with E-state index in [0.29, 0.717) is 22.0 Å². The summed E-state index contributed by atoms with van der Waals surface area (Å²) in [6.07, 6.45) is 3.11. The van der Waals surface area contributed by atoms with E-state index >= 15 is 0 Å². The van der Waals surface area contributed by atoms with Gasteiger partial charge in [-0.25, -0.2) is 0 Å². The number of nitrogens with zero attached hydrogens (tertiary/aromatic N) is 1. The second-order valence-corrected chi connectivity index (χ2v) is 4.44. The Morgan fingerprint density at radius 2 is 2.21 bits per heavy atom. The van der Waals surface area contributed by atoms with Gasteiger partial charge >= 0.3 is 0 Å². The van der Waals surface area contributed by atoms with E-state index in [1.54, 1.807) is 37.6 Å². The molecule has 19 heavy (non-hydrogen) atoms. The van der Waals surface area contributed by atoms with Gasteiger partial charge in [-0.1, -0.05) is 11.6 Å². The third kappa shape index (κ3) is 3.03. The van der Waals surface area contributed by atoms with Gasteiger partial charge in [0.25, 0.3) is 5.91 Å². The monoisotopic (exact) mass is 276 g/mol. The first-order chi connectivity index (χ1) is 9.11. The number of carbonyl (C=O) groups is 1. The van der Waals surface area contributed by atoms with Crippen molar-refractivity contribution >= 4 is 23.2 Å². The molecule has 1 aromatic carbocycles. The normalized spacial score (nSPS) is 10.1. The Hall–Kier alpha value is -2.07. The van der Waals surface area contributed by atoms with Gasteiger partial charge in [0.2, 0.25) is 0 Å². The zero-order valence-electron chi connectivity index (χ0n) is 10.6. The number of methoxy groups -OCH3 is 1. The third-order valence-corrected chi connectivity index (χ3v) is 2.83. The highest BCUT2D eigenvalue weighted by molar-refractivity contribution is 6.31. The molecule has 1 amide bonds. The standard InChI is InChI=1S/C14H13ClN2O2/c1-9-6-11(15)7-12(13(9)19-2)17-14(18)10-4-3-5-16-8-10/h3-8H,1-2H3,(H,17,18). The molecule has 0 aliphatic rings. The molecule has 0 atom stereocenters. The molecule has 0 bridgehead atoms. The van der Waals surface area contributed by atoms with Crippen molar-refractivity contribution in [1.29, 1.82) is 0 Å². The number of amides is 1. The zero-order chi connectivity index (χ0) is 13.8. The predicted octanol–water partition coefficient (Wildman–Crippen LogP) is 3.30. The molecule has 0 unspecified atom stereocenters. The summed E-state index contributed by atoms with van der Waals surface area (Å²) in [7, 11) is 1.55. The van der Waals surface area contributed by atoms with Gasteiger partial charge in [-0.2, -0.15) is 0 Å². The fraction of sp³-hybridized carbons (Fsp3) is 0.143. The molecule has 0 saturated heterocycles. The Bertz CT molecular complexity index is 600. The molecule has 0 radical (unpaired) electrons. The molecule has 0 spiro atoms. The van der Waals surface area contributed by atoms with Crippen molar-refractivity contribution in [3.05, 3.63) is 52.8 Å². The number of hydrogen-bond acceptors (Lipinski definition) is 3. The van der Waals surface area contributed by atoms with E-state index in [2.05, 4.69) is 10.3 Å². The topological polar surface area (TPSA) is 51.2 Å². The number of benzene rings is 1. The largest absolute Gasteiger partial charge is 0.494 e. The van der Waals surface area contributed by atoms with Gasteiger partial charge in [0.1, 0.15) is 5.75 Å². The Kier molecular flexibility index (Phi) is 4.02. The molecule has 2 rings (SSSR count). The molecule has 5 heteroatoms. The van der Waals surface area contributed by atoms with Gasteiger partial charge in [0.05, 0.1) is 18.4 Å². The fourth-order valence-electron chi connectivity index (χ4n) is 1.79. The van der Waals surface area contributed by atoms with Crippen molar-refractivity contribution < 1.29 is 9.53 Å². The van der Waals surface area contributed by atoms with Gasteiger partial charge < -0.3 is 10.1 Å². The van der Waals surface area contributed by atoms with Crippen LogP contribution in [0.25, 0.3) is 0 Å². The fourth-order valence-corrected chi connectivity index (χ4v) is 2.06. The number of nitrogens with one attached hydrogen (secondary N) is 1. The summed E-state index contributed by atoms with van der Waals surface area (Å²) in [4.78, 5) is 16.0. The van der Waals surface area contributed by atoms with Crippen LogP contribution in [-0.4, -0.2) is 18.0 Å². The van der Waals surface area contributed by atoms with Crippen LogP contribution in [0.3, 0.4) is 0 Å². The van der Waals surface area contributed by atoms with E-state index in [1.165, 1.54) is 6.20 Å². The Morgan fingerprint density at radius 3 is 2.84 bits per heavy atom. The number of rotatable bonds is 3. The minimum absolute atomic E-state index is 0.256. The van der Waals surface area contributed by atoms with Crippen LogP contribution >= 0.6 is 11.6 Å². The lowest BCUT2D eigenvalue weighted by Gasteiger charge is -2.13. The van der Waals surface area contributed by atoms with Gasteiger partial charge in [-0.3, -0.25) is 9.78 Å². The molecule has 1 heterocycles. The molecular formula is C14H13ClN2O2. The summed E-state index contributed by atoms with van der Waals surface area (Å²) in [6, 6.07) is 6.82. The van der Waals surface area contributed by atoms with E-state index < -0.39 is 0 Å². The van der Waals surface area contributed by atoms with E-state index in [9.17, 15) is 4.79 Å². The van der Waals surface area contributed by atoms with Crippen molar-refractivity contribution in [3.8, 4) is 5.75 Å². The summed E-state index contributed by atoms with van der Waals surface area (Å²) in [6.45, 7) is 1.87. The van der Waals surface area contributed by atoms with Crippen LogP contribution in [0.15, 0.2) is 36.7 Å². The number of aryl methyl sites for hydroxylation is 1. The van der Waals surface area contributed by atoms with Gasteiger partial charge in [0, 0.05) is 17.4 Å². The average molecular weight is 277 g/mol. The molecule has 0 fully saturated rings. The summed E-state index contributed by atoms with van der Waals surface area (Å²) in [5.74, 6) is 0.342. The number of halogens is 1. The molecule has 98 valence electrons. The summed E-state index contributed by atoms with van der Waals surface area (Å²) in [5, 5.41) is 3.31. The van der Waals surface area contributed by atoms with Crippen LogP contribution in [0.5, 0.6) is 5.75 Å². The third-order valence-electron chi connectivity index (χ3n) is 2.62. The highest BCUT2D eigenvalue weighted by Gasteiger charge is 2.12. The maximum atomic E-state index is 12.1. The number of hydrogen-bond donors (Lipinski definition) is 1. The molecule has 1 N–H and O–H groups in total. The predicted molar refractivity (Wildman–Crippen MR) is 74.9 cm³/mol. The molecule has 1 aromatic heterocycles. The maximum Gasteiger partial charge on any atom is 0.257 e. The van der Waals surface area contributed by atoms with Crippen molar-refractivity contribution in [2.24, 2.45) is 0 Å². The summed E-state index contributed by atoms with van der Waals surface area (Å²) >= 11 is 5.99. The first-order valence-corrected chi connectivity index (χ1v) is 6.05. The molecular weight excluding hydrogens is 264 g/mol. The first kappa shape index (κ1) is 13.4. The van der Waals surface area contributed by atoms with E-state index in [0.717, 1.165) is 5.56 Å². The van der Waals surface area contributed by atoms with E-state index in [1.807, 2.05) is 6.92 Å². The maximum absolute atomic E-state index is 12.1. The Labute approximate surface area is 116 Å². The minimum Gasteiger partial charge on any atom is -0.494 e. The number of pyridine rings is 1. The smallest absolute Gasteiger partial charge is 0.257 e. The molecule has 2 aromatic rings. The van der Waals surface area contributed by atoms with Crippen LogP contribution in [0.2, 0.25) is 5.02 Å². The Morgan fingerprint density at radius 1 is 1.42 bits per heavy atom. The summed E-state index contributed by atoms with van der Waals surface area (Å²) < 4.78 is 5.28. The van der Waals surface area contributed by atoms with Crippen molar-refractivity contribution in [2.45, 2.75) is 6.92 Å². The highest BCUT2D eigenvalue weighted by atomic mass is 35.5. The quantitative estimate of drug-likeness (QED) is 0.936. The molecule has 0 saturated carbocycles. The van der Waals surface area contributed by atoms with Crippen LogP contribution in [0.1, 0.15) is 15.9 Å². The first-order valence-electron chi connectivity index (χ1n) is 5.67. The zero-order valence-corrected chi connectivity index (χ0v) is 11.4. The molecule has 0 aliphatic heterocycles. The number of anilines is 1. The second kappa shape index (κ2) is 5.71. The van der Waals surface area contributed by atoms with Crippen molar-refractivity contribution in [1.82, 2.24) is 4.98 Å². The van der Waals surface area contributed by atoms with Gasteiger partial charge in [-0.05, 0) is 36.8 Å². The lowest BCUT2D eigenvalue weighted by atomic mass is 10.2. The summed E-state index contributed by atoms with van der Waals surface area (Å²) in [5.41, 5.74) is 1.88. The number of aromatic nitrogens is 1. The lowest BCUT2D eigenvalue weighted by Crippen LogP contribution is -2.13. The van der Waals surface area contributed by atoms with Crippen molar-refractivity contribution in [2.75, 3.05) is 12.4 Å². The van der Waals surface area contributed by atoms with Crippen LogP contribution < -0.4 is 10.1 Å². The van der Waals surface area contributed by atoms with Crippen LogP contribution in [-0.2, 0) is 0 Å². The Balaban J connectivity index is 2.31. The lowest BCUT2D eigenvalue weighted by molar-refractivity contribution is 0.102. The highest BCUT2D eigenvalue weighted by Crippen LogP contribution is 2.32. The SMILES string of the molecule is COc1c(C)cc(Cl)cc1NC(=O)c1cccnc1. The average Bonchev–Trinajstić information content (AvgIpc) is 2.39. The number of ether oxygens (including phenoxy) is 1. The van der Waals surface area contributed by atoms with Crippen molar-refractivity contribution in [3.63, 3.8) is 0 Å². The van der Waals surface area contributed by atoms with E-state index in [4.69, 9.17) is 16.3 Å². The van der Waals surface area contributed by atoms with E-state index in [-0.39, 0.29) is 5.91 Å². The van der Waals surface area contributed by atoms with Gasteiger partial charge in [0.15, 0.2) is 0 Å². The van der Waals surface area contributed by atoms with Crippen LogP contribution in [0, 0.1) is 6.92 Å². The second-order valence-electron chi connectivity index (χ2n) is 4.00. The minimum atomic E-state index is -0.256. The number of carbonyl (C=O) groups excluding carboxylic acids is 1. The van der Waals surface area contributed by atoms with Crippen LogP contribution in [0.4, 0.5) is 5.69 Å². The molecule has 0 aliphatic carbocycles. The van der Waals surface area contributed by atoms with Gasteiger partial charge in [-0.15, -0.1) is 0 Å².